The van der Waals surface area contributed by atoms with Gasteiger partial charge in [-0.25, -0.2) is 17.7 Å². The summed E-state index contributed by atoms with van der Waals surface area (Å²) in [5.74, 6) is -7.78. The Morgan fingerprint density at radius 1 is 0.879 bits per heavy atom. The first-order valence-corrected chi connectivity index (χ1v) is 21.3. The van der Waals surface area contributed by atoms with Gasteiger partial charge in [-0.1, -0.05) is 84.7 Å². The second kappa shape index (κ2) is 22.4. The molecule has 0 bridgehead atoms. The summed E-state index contributed by atoms with van der Waals surface area (Å²) in [6.45, 7) is 7.54. The number of sulfonamides is 1. The Kier molecular flexibility index (Phi) is 18.3. The van der Waals surface area contributed by atoms with Crippen LogP contribution in [-0.2, 0) is 38.8 Å². The van der Waals surface area contributed by atoms with E-state index in [0.29, 0.717) is 19.3 Å². The van der Waals surface area contributed by atoms with Crippen molar-refractivity contribution in [3.8, 4) is 0 Å². The van der Waals surface area contributed by atoms with Crippen molar-refractivity contribution in [2.24, 2.45) is 23.5 Å². The fraction of sp³-hybridized carbons (Fsp3) is 0.564. The molecule has 2 aromatic rings. The van der Waals surface area contributed by atoms with Crippen molar-refractivity contribution in [2.45, 2.75) is 121 Å². The van der Waals surface area contributed by atoms with Crippen LogP contribution >= 0.6 is 11.6 Å². The van der Waals surface area contributed by atoms with Crippen molar-refractivity contribution in [1.82, 2.24) is 35.5 Å². The Balaban J connectivity index is 2.01. The molecule has 0 saturated heterocycles. The largest absolute Gasteiger partial charge is 0.342 e. The minimum atomic E-state index is -4.86. The summed E-state index contributed by atoms with van der Waals surface area (Å²) >= 11 is 6.01. The predicted octanol–water partition coefficient (Wildman–Crippen LogP) is 2.43. The molecular weight excluding hydrogens is 792 g/mol. The van der Waals surface area contributed by atoms with Gasteiger partial charge in [-0.15, -0.1) is 0 Å². The summed E-state index contributed by atoms with van der Waals surface area (Å²) in [6, 6.07) is -0.278. The van der Waals surface area contributed by atoms with Crippen LogP contribution < -0.4 is 27.0 Å². The monoisotopic (exact) mass is 846 g/mol. The van der Waals surface area contributed by atoms with Crippen molar-refractivity contribution in [3.05, 3.63) is 53.6 Å². The lowest BCUT2D eigenvalue weighted by Crippen LogP contribution is -2.60. The molecule has 5 atom stereocenters. The second-order valence-corrected chi connectivity index (χ2v) is 17.3. The maximum atomic E-state index is 14.6. The summed E-state index contributed by atoms with van der Waals surface area (Å²) < 4.78 is 28.6. The SMILES string of the molecule is CCC(N)C(=O)C(=O)NC(=O)CN(C(=O)[C@H](CC1CCCCC1)NC(=O)[C@@H](NC(=O)[C@H](CC(C)C)NC(=O)c1cnccn1)[C@@H](C)CC)S(=O)(=O)c1ccc(Cl)cc1. The van der Waals surface area contributed by atoms with Gasteiger partial charge in [0.1, 0.15) is 30.4 Å². The van der Waals surface area contributed by atoms with E-state index in [9.17, 15) is 42.0 Å². The smallest absolute Gasteiger partial charge is 0.295 e. The average molecular weight is 847 g/mol. The highest BCUT2D eigenvalue weighted by Gasteiger charge is 2.40. The Bertz CT molecular complexity index is 1880. The number of halogens is 1. The van der Waals surface area contributed by atoms with Crippen molar-refractivity contribution in [1.29, 1.82) is 0 Å². The number of hydrogen-bond acceptors (Lipinski definition) is 12. The van der Waals surface area contributed by atoms with Gasteiger partial charge in [0.2, 0.25) is 23.5 Å². The van der Waals surface area contributed by atoms with E-state index in [0.717, 1.165) is 31.4 Å². The van der Waals surface area contributed by atoms with E-state index in [4.69, 9.17) is 17.3 Å². The summed E-state index contributed by atoms with van der Waals surface area (Å²) in [4.78, 5) is 101. The van der Waals surface area contributed by atoms with E-state index in [-0.39, 0.29) is 46.1 Å². The van der Waals surface area contributed by atoms with Crippen molar-refractivity contribution < 1.29 is 42.0 Å². The molecule has 58 heavy (non-hydrogen) atoms. The number of imide groups is 1. The number of ketones is 1. The van der Waals surface area contributed by atoms with Crippen LogP contribution in [0.1, 0.15) is 103 Å². The number of carbonyl (C=O) groups is 7. The number of hydrogen-bond donors (Lipinski definition) is 5. The van der Waals surface area contributed by atoms with Crippen LogP contribution in [0.4, 0.5) is 0 Å². The summed E-state index contributed by atoms with van der Waals surface area (Å²) in [5.41, 5.74) is 5.64. The van der Waals surface area contributed by atoms with Crippen molar-refractivity contribution in [3.63, 3.8) is 0 Å². The molecule has 1 heterocycles. The molecule has 6 amide bonds. The number of aromatic nitrogens is 2. The number of Topliss-reactive ketones (excluding diaryl/α,β-unsaturated/α-hetero) is 1. The van der Waals surface area contributed by atoms with E-state index in [1.54, 1.807) is 20.8 Å². The number of nitrogens with zero attached hydrogens (tertiary/aromatic N) is 3. The Morgan fingerprint density at radius 3 is 2.10 bits per heavy atom. The lowest BCUT2D eigenvalue weighted by atomic mass is 9.84. The van der Waals surface area contributed by atoms with Gasteiger partial charge in [0, 0.05) is 17.4 Å². The van der Waals surface area contributed by atoms with Gasteiger partial charge in [0.25, 0.3) is 27.7 Å². The Hall–Kier alpha value is -4.81. The van der Waals surface area contributed by atoms with Gasteiger partial charge in [0.15, 0.2) is 0 Å². The van der Waals surface area contributed by atoms with Crippen LogP contribution in [0.5, 0.6) is 0 Å². The number of carbonyl (C=O) groups excluding carboxylic acids is 7. The molecular formula is C39H55ClN8O9S. The highest BCUT2D eigenvalue weighted by molar-refractivity contribution is 7.89. The fourth-order valence-electron chi connectivity index (χ4n) is 6.45. The normalized spacial score (nSPS) is 15.9. The molecule has 1 fully saturated rings. The van der Waals surface area contributed by atoms with E-state index < -0.39 is 92.8 Å². The van der Waals surface area contributed by atoms with Crippen molar-refractivity contribution in [2.75, 3.05) is 6.54 Å². The number of amides is 6. The lowest BCUT2D eigenvalue weighted by Gasteiger charge is -2.32. The second-order valence-electron chi connectivity index (χ2n) is 15.0. The lowest BCUT2D eigenvalue weighted by molar-refractivity contribution is -0.142. The third-order valence-corrected chi connectivity index (χ3v) is 12.0. The van der Waals surface area contributed by atoms with Gasteiger partial charge in [-0.05, 0) is 61.3 Å². The van der Waals surface area contributed by atoms with Crippen molar-refractivity contribution >= 4 is 62.9 Å². The molecule has 3 rings (SSSR count). The molecule has 318 valence electrons. The molecule has 0 aliphatic heterocycles. The molecule has 1 aliphatic rings. The predicted molar refractivity (Wildman–Crippen MR) is 214 cm³/mol. The summed E-state index contributed by atoms with van der Waals surface area (Å²) in [5, 5.41) is 10.1. The van der Waals surface area contributed by atoms with Crippen LogP contribution in [0.2, 0.25) is 5.02 Å². The van der Waals surface area contributed by atoms with Crippen LogP contribution in [-0.4, -0.2) is 94.6 Å². The number of benzene rings is 1. The molecule has 1 saturated carbocycles. The molecule has 1 aromatic carbocycles. The van der Waals surface area contributed by atoms with E-state index >= 15 is 0 Å². The van der Waals surface area contributed by atoms with Gasteiger partial charge >= 0.3 is 0 Å². The first-order valence-electron chi connectivity index (χ1n) is 19.5. The minimum absolute atomic E-state index is 0.00703. The maximum absolute atomic E-state index is 14.6. The van der Waals surface area contributed by atoms with E-state index in [2.05, 4.69) is 25.9 Å². The fourth-order valence-corrected chi connectivity index (χ4v) is 7.96. The third-order valence-electron chi connectivity index (χ3n) is 10.0. The summed E-state index contributed by atoms with van der Waals surface area (Å²) in [6.07, 6.45) is 8.67. The van der Waals surface area contributed by atoms with Crippen LogP contribution in [0.25, 0.3) is 0 Å². The standard InChI is InChI=1S/C39H55ClN8O9S/c1-6-24(5)33(47-35(51)29(19-23(3)4)44-36(52)31-21-42-17-18-43-31)37(53)45-30(20-25-11-9-8-10-12-25)39(55)48(58(56,57)27-15-13-26(40)14-16-27)22-32(49)46-38(54)34(50)28(41)7-2/h13-18,21,23-25,28-30,33H,6-12,19-20,22,41H2,1-5H3,(H,44,52)(H,45,53)(H,47,51)(H,46,49,54)/t24-,28?,29-,30-,33-/m0/s1. The zero-order valence-electron chi connectivity index (χ0n) is 33.5. The molecule has 17 nitrogen and oxygen atoms in total. The molecule has 0 spiro atoms. The Labute approximate surface area is 344 Å². The first kappa shape index (κ1) is 47.6. The molecule has 1 aromatic heterocycles. The molecule has 1 aliphatic carbocycles. The van der Waals surface area contributed by atoms with Gasteiger partial charge in [-0.2, -0.15) is 0 Å². The molecule has 0 radical (unpaired) electrons. The van der Waals surface area contributed by atoms with Crippen LogP contribution in [0, 0.1) is 17.8 Å². The van der Waals surface area contributed by atoms with Crippen LogP contribution in [0.15, 0.2) is 47.8 Å². The van der Waals surface area contributed by atoms with E-state index in [1.165, 1.54) is 30.7 Å². The highest BCUT2D eigenvalue weighted by atomic mass is 35.5. The molecule has 1 unspecified atom stereocenters. The topological polar surface area (TPSA) is 257 Å². The zero-order chi connectivity index (χ0) is 43.2. The van der Waals surface area contributed by atoms with Gasteiger partial charge in [-0.3, -0.25) is 43.9 Å². The highest BCUT2D eigenvalue weighted by Crippen LogP contribution is 2.29. The summed E-state index contributed by atoms with van der Waals surface area (Å²) in [7, 11) is -4.86. The van der Waals surface area contributed by atoms with Gasteiger partial charge < -0.3 is 21.7 Å². The average Bonchev–Trinajstić information content (AvgIpc) is 3.20. The number of nitrogens with two attached hydrogens (primary N) is 1. The third kappa shape index (κ3) is 13.7. The number of rotatable bonds is 20. The van der Waals surface area contributed by atoms with Gasteiger partial charge in [0.05, 0.1) is 17.1 Å². The van der Waals surface area contributed by atoms with Crippen LogP contribution in [0.3, 0.4) is 0 Å². The zero-order valence-corrected chi connectivity index (χ0v) is 35.1. The molecule has 6 N–H and O–H groups in total. The minimum Gasteiger partial charge on any atom is -0.342 e. The van der Waals surface area contributed by atoms with E-state index in [1.807, 2.05) is 19.2 Å². The quantitative estimate of drug-likeness (QED) is 0.121. The molecule has 19 heteroatoms. The number of nitrogens with one attached hydrogen (secondary N) is 4. The maximum Gasteiger partial charge on any atom is 0.295 e. The first-order chi connectivity index (χ1) is 27.4. The Morgan fingerprint density at radius 2 is 1.53 bits per heavy atom.